The van der Waals surface area contributed by atoms with Gasteiger partial charge in [-0.1, -0.05) is 23.4 Å². The Morgan fingerprint density at radius 2 is 2.33 bits per heavy atom. The van der Waals surface area contributed by atoms with Crippen molar-refractivity contribution in [2.75, 3.05) is 11.1 Å². The summed E-state index contributed by atoms with van der Waals surface area (Å²) in [6, 6.07) is 3.21. The molecule has 1 aliphatic heterocycles. The number of amides is 2. The first kappa shape index (κ1) is 13.7. The average Bonchev–Trinajstić information content (AvgIpc) is 2.95. The molecule has 108 valence electrons. The fraction of sp³-hybridized carbons (Fsp3) is 0.0909. The number of anilines is 1. The first-order chi connectivity index (χ1) is 10.0. The van der Waals surface area contributed by atoms with Gasteiger partial charge in [0.2, 0.25) is 11.9 Å². The van der Waals surface area contributed by atoms with Gasteiger partial charge in [-0.3, -0.25) is 10.1 Å². The maximum absolute atomic E-state index is 11.1. The minimum absolute atomic E-state index is 0.0990. The van der Waals surface area contributed by atoms with Gasteiger partial charge in [-0.25, -0.2) is 14.8 Å². The lowest BCUT2D eigenvalue weighted by Gasteiger charge is -2.00. The molecule has 0 unspecified atom stereocenters. The number of hydrogen-bond donors (Lipinski definition) is 4. The van der Waals surface area contributed by atoms with E-state index in [2.05, 4.69) is 25.6 Å². The lowest BCUT2D eigenvalue weighted by atomic mass is 10.3. The Hall–Kier alpha value is -2.26. The van der Waals surface area contributed by atoms with Crippen molar-refractivity contribution in [3.05, 3.63) is 17.2 Å². The van der Waals surface area contributed by atoms with E-state index in [9.17, 15) is 9.59 Å². The van der Waals surface area contributed by atoms with Crippen molar-refractivity contribution in [1.82, 2.24) is 15.3 Å². The normalized spacial score (nSPS) is 16.4. The van der Waals surface area contributed by atoms with E-state index in [1.165, 1.54) is 11.8 Å². The molecule has 8 nitrogen and oxygen atoms in total. The molecule has 2 amide bonds. The monoisotopic (exact) mass is 325 g/mol. The summed E-state index contributed by atoms with van der Waals surface area (Å²) in [5.74, 6) is 0.318. The van der Waals surface area contributed by atoms with Gasteiger partial charge in [0.1, 0.15) is 0 Å². The number of carbonyl (C=O) groups excluding carboxylic acids is 1. The Morgan fingerprint density at radius 3 is 3.00 bits per heavy atom. The van der Waals surface area contributed by atoms with Crippen molar-refractivity contribution < 1.29 is 14.7 Å². The van der Waals surface area contributed by atoms with Gasteiger partial charge in [-0.15, -0.1) is 0 Å². The Morgan fingerprint density at radius 1 is 1.52 bits per heavy atom. The van der Waals surface area contributed by atoms with Crippen LogP contribution in [0.5, 0.6) is 0 Å². The summed E-state index contributed by atoms with van der Waals surface area (Å²) in [4.78, 5) is 32.8. The fourth-order valence-electron chi connectivity index (χ4n) is 1.76. The molecule has 1 aromatic carbocycles. The third-order valence-electron chi connectivity index (χ3n) is 2.58. The third-order valence-corrected chi connectivity index (χ3v) is 3.76. The summed E-state index contributed by atoms with van der Waals surface area (Å²) in [5.41, 5.74) is 1.54. The molecule has 1 aliphatic rings. The molecule has 0 spiro atoms. The molecule has 2 heterocycles. The van der Waals surface area contributed by atoms with E-state index in [1.807, 2.05) is 0 Å². The molecular weight excluding hydrogens is 318 g/mol. The topological polar surface area (TPSA) is 119 Å². The van der Waals surface area contributed by atoms with E-state index < -0.39 is 6.09 Å². The van der Waals surface area contributed by atoms with E-state index >= 15 is 0 Å². The number of nitrogens with one attached hydrogen (secondary N) is 3. The van der Waals surface area contributed by atoms with Crippen molar-refractivity contribution in [2.24, 2.45) is 4.99 Å². The van der Waals surface area contributed by atoms with Gasteiger partial charge < -0.3 is 15.4 Å². The van der Waals surface area contributed by atoms with E-state index in [-0.39, 0.29) is 11.9 Å². The summed E-state index contributed by atoms with van der Waals surface area (Å²) in [6.45, 7) is 0. The van der Waals surface area contributed by atoms with E-state index in [1.54, 1.807) is 12.1 Å². The Balaban J connectivity index is 1.98. The van der Waals surface area contributed by atoms with Gasteiger partial charge in [-0.05, 0) is 12.1 Å². The zero-order valence-corrected chi connectivity index (χ0v) is 11.9. The summed E-state index contributed by atoms with van der Waals surface area (Å²) in [5, 5.41) is 14.2. The number of hydrogen-bond acceptors (Lipinski definition) is 5. The lowest BCUT2D eigenvalue weighted by molar-refractivity contribution is -0.116. The second-order valence-corrected chi connectivity index (χ2v) is 5.46. The number of carboxylic acid groups (broad SMARTS) is 1. The summed E-state index contributed by atoms with van der Waals surface area (Å²) in [7, 11) is 0. The number of aliphatic imine (C=N–C) groups is 1. The molecule has 0 radical (unpaired) electrons. The van der Waals surface area contributed by atoms with Crippen LogP contribution in [0.15, 0.2) is 17.1 Å². The molecule has 3 rings (SSSR count). The van der Waals surface area contributed by atoms with Crippen LogP contribution in [0.4, 0.5) is 16.4 Å². The molecule has 1 fully saturated rings. The molecule has 4 N–H and O–H groups in total. The number of aromatic nitrogens is 2. The van der Waals surface area contributed by atoms with Crippen molar-refractivity contribution in [2.45, 2.75) is 0 Å². The highest BCUT2D eigenvalue weighted by molar-refractivity contribution is 8.15. The number of benzene rings is 1. The zero-order valence-electron chi connectivity index (χ0n) is 10.3. The quantitative estimate of drug-likeness (QED) is 0.674. The minimum Gasteiger partial charge on any atom is -0.465 e. The van der Waals surface area contributed by atoms with Crippen LogP contribution in [0.25, 0.3) is 11.0 Å². The molecule has 0 bridgehead atoms. The Labute approximate surface area is 127 Å². The number of amidine groups is 1. The molecule has 1 saturated heterocycles. The van der Waals surface area contributed by atoms with Crippen LogP contribution in [-0.2, 0) is 4.79 Å². The Kier molecular flexibility index (Phi) is 3.43. The third kappa shape index (κ3) is 2.93. The van der Waals surface area contributed by atoms with Gasteiger partial charge in [0.15, 0.2) is 5.17 Å². The standard InChI is InChI=1S/C11H8ClN5O3S/c12-4-1-6-7(14-9(13-6)17-11(19)20)2-5(4)15-10-16-8(18)3-21-10/h1-2H,3H2,(H,19,20)(H2,13,14,17)(H,15,16,18). The predicted molar refractivity (Wildman–Crippen MR) is 80.4 cm³/mol. The lowest BCUT2D eigenvalue weighted by Crippen LogP contribution is -2.19. The molecule has 1 aromatic heterocycles. The summed E-state index contributed by atoms with van der Waals surface area (Å²) in [6.07, 6.45) is -1.22. The number of imidazole rings is 1. The van der Waals surface area contributed by atoms with Gasteiger partial charge in [-0.2, -0.15) is 0 Å². The van der Waals surface area contributed by atoms with Gasteiger partial charge in [0, 0.05) is 0 Å². The molecule has 10 heteroatoms. The molecule has 0 atom stereocenters. The van der Waals surface area contributed by atoms with Crippen LogP contribution >= 0.6 is 23.4 Å². The number of nitrogens with zero attached hydrogens (tertiary/aromatic N) is 2. The molecule has 2 aromatic rings. The van der Waals surface area contributed by atoms with Crippen molar-refractivity contribution >= 4 is 63.2 Å². The van der Waals surface area contributed by atoms with E-state index in [0.717, 1.165) is 0 Å². The molecule has 21 heavy (non-hydrogen) atoms. The number of fused-ring (bicyclic) bond motifs is 1. The van der Waals surface area contributed by atoms with Gasteiger partial charge in [0.05, 0.1) is 27.5 Å². The smallest absolute Gasteiger partial charge is 0.411 e. The SMILES string of the molecule is O=C(O)Nc1nc2cc(N=C3NC(=O)CS3)c(Cl)cc2[nH]1. The second kappa shape index (κ2) is 5.26. The highest BCUT2D eigenvalue weighted by atomic mass is 35.5. The van der Waals surface area contributed by atoms with E-state index in [0.29, 0.717) is 32.7 Å². The van der Waals surface area contributed by atoms with Gasteiger partial charge in [0.25, 0.3) is 0 Å². The van der Waals surface area contributed by atoms with Crippen LogP contribution in [0.1, 0.15) is 0 Å². The predicted octanol–water partition coefficient (Wildman–Crippen LogP) is 2.16. The highest BCUT2D eigenvalue weighted by Gasteiger charge is 2.17. The van der Waals surface area contributed by atoms with Gasteiger partial charge >= 0.3 is 6.09 Å². The van der Waals surface area contributed by atoms with Crippen molar-refractivity contribution in [1.29, 1.82) is 0 Å². The highest BCUT2D eigenvalue weighted by Crippen LogP contribution is 2.31. The Bertz CT molecular complexity index is 788. The van der Waals surface area contributed by atoms with Crippen LogP contribution in [-0.4, -0.2) is 38.0 Å². The molecular formula is C11H8ClN5O3S. The van der Waals surface area contributed by atoms with Crippen LogP contribution in [0.3, 0.4) is 0 Å². The number of thioether (sulfide) groups is 1. The number of carbonyl (C=O) groups is 2. The maximum atomic E-state index is 11.1. The minimum atomic E-state index is -1.22. The zero-order chi connectivity index (χ0) is 15.0. The maximum Gasteiger partial charge on any atom is 0.411 e. The van der Waals surface area contributed by atoms with Crippen molar-refractivity contribution in [3.63, 3.8) is 0 Å². The number of halogens is 1. The number of aromatic amines is 1. The molecule has 0 aliphatic carbocycles. The first-order valence-corrected chi connectivity index (χ1v) is 7.08. The number of rotatable bonds is 2. The van der Waals surface area contributed by atoms with Crippen LogP contribution < -0.4 is 10.6 Å². The molecule has 0 saturated carbocycles. The average molecular weight is 326 g/mol. The van der Waals surface area contributed by atoms with Crippen molar-refractivity contribution in [3.8, 4) is 0 Å². The van der Waals surface area contributed by atoms with Crippen LogP contribution in [0.2, 0.25) is 5.02 Å². The summed E-state index contributed by atoms with van der Waals surface area (Å²) >= 11 is 7.40. The fourth-order valence-corrected chi connectivity index (χ4v) is 2.66. The number of H-pyrrole nitrogens is 1. The first-order valence-electron chi connectivity index (χ1n) is 5.72. The largest absolute Gasteiger partial charge is 0.465 e. The van der Waals surface area contributed by atoms with E-state index in [4.69, 9.17) is 16.7 Å². The van der Waals surface area contributed by atoms with Crippen LogP contribution in [0, 0.1) is 0 Å². The summed E-state index contributed by atoms with van der Waals surface area (Å²) < 4.78 is 0. The second-order valence-electron chi connectivity index (χ2n) is 4.09.